The molecule has 0 saturated carbocycles. The minimum absolute atomic E-state index is 0.185. The monoisotopic (exact) mass is 566 g/mol. The summed E-state index contributed by atoms with van der Waals surface area (Å²) in [5.74, 6) is -3.21. The molecule has 4 aromatic carbocycles. The zero-order valence-corrected chi connectivity index (χ0v) is 22.5. The first-order chi connectivity index (χ1) is 20.3. The van der Waals surface area contributed by atoms with E-state index < -0.39 is 48.2 Å². The highest BCUT2D eigenvalue weighted by atomic mass is 16.8. The number of ether oxygens (including phenoxy) is 5. The van der Waals surface area contributed by atoms with Crippen molar-refractivity contribution in [2.24, 2.45) is 0 Å². The highest BCUT2D eigenvalue weighted by molar-refractivity contribution is 5.92. The SMILES string of the molecule is C[C@]1(OC(=O)c2ccccc2)C(OC(=O)c2ccccc2)OC(OC(=O)c2ccccc2)[C@H]1OC(=O)c1ccccc1. The van der Waals surface area contributed by atoms with Crippen molar-refractivity contribution >= 4 is 23.9 Å². The van der Waals surface area contributed by atoms with Crippen molar-refractivity contribution in [1.82, 2.24) is 0 Å². The van der Waals surface area contributed by atoms with Crippen molar-refractivity contribution in [1.29, 1.82) is 0 Å². The van der Waals surface area contributed by atoms with Crippen LogP contribution in [0.15, 0.2) is 121 Å². The van der Waals surface area contributed by atoms with E-state index in [-0.39, 0.29) is 22.3 Å². The van der Waals surface area contributed by atoms with Crippen LogP contribution < -0.4 is 0 Å². The molecule has 5 rings (SSSR count). The lowest BCUT2D eigenvalue weighted by Gasteiger charge is -2.33. The number of benzene rings is 4. The van der Waals surface area contributed by atoms with Crippen molar-refractivity contribution < 1.29 is 42.9 Å². The maximum Gasteiger partial charge on any atom is 0.340 e. The molecule has 212 valence electrons. The normalized spacial score (nSPS) is 21.1. The molecule has 0 aromatic heterocycles. The van der Waals surface area contributed by atoms with Gasteiger partial charge in [-0.15, -0.1) is 0 Å². The first kappa shape index (κ1) is 28.3. The van der Waals surface area contributed by atoms with E-state index in [0.717, 1.165) is 0 Å². The van der Waals surface area contributed by atoms with Crippen LogP contribution in [0.2, 0.25) is 0 Å². The highest BCUT2D eigenvalue weighted by Crippen LogP contribution is 2.39. The molecule has 9 heteroatoms. The highest BCUT2D eigenvalue weighted by Gasteiger charge is 2.63. The van der Waals surface area contributed by atoms with Crippen molar-refractivity contribution in [2.45, 2.75) is 31.2 Å². The van der Waals surface area contributed by atoms with Crippen LogP contribution in [0.3, 0.4) is 0 Å². The molecular weight excluding hydrogens is 540 g/mol. The molecular formula is C33H26O9. The zero-order valence-electron chi connectivity index (χ0n) is 22.5. The van der Waals surface area contributed by atoms with Crippen LogP contribution in [0.4, 0.5) is 0 Å². The molecule has 0 bridgehead atoms. The van der Waals surface area contributed by atoms with Gasteiger partial charge in [0.1, 0.15) is 0 Å². The Morgan fingerprint density at radius 1 is 0.524 bits per heavy atom. The molecule has 42 heavy (non-hydrogen) atoms. The molecule has 4 aromatic rings. The average Bonchev–Trinajstić information content (AvgIpc) is 3.27. The summed E-state index contributed by atoms with van der Waals surface area (Å²) in [6.45, 7) is 1.38. The Labute approximate surface area is 241 Å². The molecule has 2 unspecified atom stereocenters. The van der Waals surface area contributed by atoms with Crippen molar-refractivity contribution in [3.8, 4) is 0 Å². The van der Waals surface area contributed by atoms with Crippen molar-refractivity contribution in [3.63, 3.8) is 0 Å². The average molecular weight is 567 g/mol. The van der Waals surface area contributed by atoms with Gasteiger partial charge in [-0.3, -0.25) is 4.74 Å². The summed E-state index contributed by atoms with van der Waals surface area (Å²) >= 11 is 0. The van der Waals surface area contributed by atoms with Crippen LogP contribution in [-0.2, 0) is 23.7 Å². The minimum atomic E-state index is -1.95. The Hall–Kier alpha value is -5.28. The summed E-state index contributed by atoms with van der Waals surface area (Å²) in [6, 6.07) is 32.3. The van der Waals surface area contributed by atoms with Gasteiger partial charge in [0.25, 0.3) is 6.29 Å². The second-order valence-corrected chi connectivity index (χ2v) is 9.51. The largest absolute Gasteiger partial charge is 0.447 e. The number of esters is 4. The minimum Gasteiger partial charge on any atom is -0.447 e. The Kier molecular flexibility index (Phi) is 8.40. The lowest BCUT2D eigenvalue weighted by Crippen LogP contribution is -2.52. The van der Waals surface area contributed by atoms with Crippen molar-refractivity contribution in [2.75, 3.05) is 0 Å². The quantitative estimate of drug-likeness (QED) is 0.209. The number of rotatable bonds is 8. The lowest BCUT2D eigenvalue weighted by atomic mass is 9.99. The molecule has 0 amide bonds. The van der Waals surface area contributed by atoms with Gasteiger partial charge in [0, 0.05) is 0 Å². The summed E-state index contributed by atoms with van der Waals surface area (Å²) < 4.78 is 28.9. The van der Waals surface area contributed by atoms with Gasteiger partial charge in [0.2, 0.25) is 18.0 Å². The first-order valence-corrected chi connectivity index (χ1v) is 13.1. The number of carbonyl (C=O) groups is 4. The van der Waals surface area contributed by atoms with Gasteiger partial charge in [0.05, 0.1) is 22.3 Å². The van der Waals surface area contributed by atoms with E-state index in [1.807, 2.05) is 0 Å². The van der Waals surface area contributed by atoms with Crippen LogP contribution in [0.1, 0.15) is 48.4 Å². The fourth-order valence-electron chi connectivity index (χ4n) is 4.32. The number of hydrogen-bond acceptors (Lipinski definition) is 9. The molecule has 0 spiro atoms. The van der Waals surface area contributed by atoms with Gasteiger partial charge in [-0.25, -0.2) is 19.2 Å². The smallest absolute Gasteiger partial charge is 0.340 e. The molecule has 1 aliphatic heterocycles. The molecule has 4 atom stereocenters. The Bertz CT molecular complexity index is 1540. The van der Waals surface area contributed by atoms with Crippen LogP contribution in [0, 0.1) is 0 Å². The third-order valence-electron chi connectivity index (χ3n) is 6.56. The van der Waals surface area contributed by atoms with E-state index in [2.05, 4.69) is 0 Å². The summed E-state index contributed by atoms with van der Waals surface area (Å²) in [6.07, 6.45) is -4.80. The predicted octanol–water partition coefficient (Wildman–Crippen LogP) is 5.22. The van der Waals surface area contributed by atoms with Crippen LogP contribution >= 0.6 is 0 Å². The maximum absolute atomic E-state index is 13.3. The van der Waals surface area contributed by atoms with Gasteiger partial charge in [0.15, 0.2) is 0 Å². The zero-order chi connectivity index (χ0) is 29.5. The van der Waals surface area contributed by atoms with E-state index >= 15 is 0 Å². The molecule has 1 saturated heterocycles. The molecule has 0 aliphatic carbocycles. The fraction of sp³-hybridized carbons (Fsp3) is 0.152. The van der Waals surface area contributed by atoms with Crippen molar-refractivity contribution in [3.05, 3.63) is 144 Å². The third-order valence-corrected chi connectivity index (χ3v) is 6.56. The van der Waals surface area contributed by atoms with Gasteiger partial charge in [-0.2, -0.15) is 0 Å². The lowest BCUT2D eigenvalue weighted by molar-refractivity contribution is -0.197. The molecule has 1 fully saturated rings. The predicted molar refractivity (Wildman–Crippen MR) is 148 cm³/mol. The Morgan fingerprint density at radius 2 is 0.881 bits per heavy atom. The van der Waals surface area contributed by atoms with Gasteiger partial charge < -0.3 is 18.9 Å². The fourth-order valence-corrected chi connectivity index (χ4v) is 4.32. The Balaban J connectivity index is 1.52. The van der Waals surface area contributed by atoms with E-state index in [9.17, 15) is 19.2 Å². The van der Waals surface area contributed by atoms with E-state index in [4.69, 9.17) is 23.7 Å². The van der Waals surface area contributed by atoms with Crippen LogP contribution in [0.25, 0.3) is 0 Å². The molecule has 0 N–H and O–H groups in total. The summed E-state index contributed by atoms with van der Waals surface area (Å²) in [5.41, 5.74) is -1.19. The second-order valence-electron chi connectivity index (χ2n) is 9.51. The summed E-state index contributed by atoms with van der Waals surface area (Å²) in [4.78, 5) is 52.7. The van der Waals surface area contributed by atoms with E-state index in [1.54, 1.807) is 72.8 Å². The van der Waals surface area contributed by atoms with E-state index in [1.165, 1.54) is 55.5 Å². The number of hydrogen-bond donors (Lipinski definition) is 0. The topological polar surface area (TPSA) is 114 Å². The summed E-state index contributed by atoms with van der Waals surface area (Å²) in [5, 5.41) is 0. The standard InChI is InChI=1S/C33H26O9/c1-33(42-30(37)25-20-12-5-13-21-25)26(38-27(34)22-14-6-2-7-15-22)31(39-28(35)23-16-8-3-9-17-23)41-32(33)40-29(36)24-18-10-4-11-19-24/h2-21,26,31-32H,1H3/t26-,31?,32?,33-/m1/s1. The molecule has 1 aliphatic rings. The first-order valence-electron chi connectivity index (χ1n) is 13.1. The molecule has 0 radical (unpaired) electrons. The van der Waals surface area contributed by atoms with Crippen LogP contribution in [-0.4, -0.2) is 48.2 Å². The van der Waals surface area contributed by atoms with Crippen LogP contribution in [0.5, 0.6) is 0 Å². The Morgan fingerprint density at radius 3 is 1.31 bits per heavy atom. The van der Waals surface area contributed by atoms with Gasteiger partial charge in [-0.1, -0.05) is 72.8 Å². The van der Waals surface area contributed by atoms with Gasteiger partial charge in [-0.05, 0) is 55.5 Å². The third kappa shape index (κ3) is 6.21. The molecule has 1 heterocycles. The maximum atomic E-state index is 13.3. The second kappa shape index (κ2) is 12.5. The van der Waals surface area contributed by atoms with E-state index in [0.29, 0.717) is 0 Å². The van der Waals surface area contributed by atoms with Gasteiger partial charge >= 0.3 is 23.9 Å². The molecule has 9 nitrogen and oxygen atoms in total. The number of carbonyl (C=O) groups excluding carboxylic acids is 4. The summed E-state index contributed by atoms with van der Waals surface area (Å²) in [7, 11) is 0.